The highest BCUT2D eigenvalue weighted by Crippen LogP contribution is 2.33. The summed E-state index contributed by atoms with van der Waals surface area (Å²) in [7, 11) is 0. The maximum atomic E-state index is 13.4. The molecule has 1 aliphatic rings. The molecule has 10 heteroatoms. The Morgan fingerprint density at radius 3 is 2.30 bits per heavy atom. The van der Waals surface area contributed by atoms with Crippen LogP contribution < -0.4 is 25.4 Å². The van der Waals surface area contributed by atoms with Crippen LogP contribution in [0.25, 0.3) is 6.08 Å². The van der Waals surface area contributed by atoms with E-state index in [0.29, 0.717) is 52.2 Å². The van der Waals surface area contributed by atoms with Crippen molar-refractivity contribution in [2.75, 3.05) is 23.8 Å². The minimum atomic E-state index is -0.509. The predicted octanol–water partition coefficient (Wildman–Crippen LogP) is 6.64. The molecule has 5 rings (SSSR count). The van der Waals surface area contributed by atoms with E-state index in [4.69, 9.17) is 21.1 Å². The fourth-order valence-electron chi connectivity index (χ4n) is 4.14. The van der Waals surface area contributed by atoms with Crippen LogP contribution >= 0.6 is 23.4 Å². The van der Waals surface area contributed by atoms with Crippen molar-refractivity contribution in [1.29, 1.82) is 0 Å². The average Bonchev–Trinajstić information content (AvgIpc) is 3.02. The monoisotopic (exact) mass is 613 g/mol. The number of amides is 3. The third kappa shape index (κ3) is 8.18. The number of nitrogens with one attached hydrogen (secondary N) is 3. The number of anilines is 2. The third-order valence-electron chi connectivity index (χ3n) is 6.29. The van der Waals surface area contributed by atoms with Gasteiger partial charge in [0.2, 0.25) is 5.91 Å². The summed E-state index contributed by atoms with van der Waals surface area (Å²) >= 11 is 7.36. The number of benzene rings is 4. The zero-order valence-corrected chi connectivity index (χ0v) is 24.7. The molecule has 43 heavy (non-hydrogen) atoms. The number of fused-ring (bicyclic) bond motifs is 1. The van der Waals surface area contributed by atoms with Crippen molar-refractivity contribution in [3.05, 3.63) is 119 Å². The lowest BCUT2D eigenvalue weighted by molar-refractivity contribution is -0.115. The van der Waals surface area contributed by atoms with Crippen molar-refractivity contribution in [3.8, 4) is 11.5 Å². The molecule has 0 saturated heterocycles. The average molecular weight is 614 g/mol. The van der Waals surface area contributed by atoms with E-state index in [1.54, 1.807) is 97.9 Å². The first-order valence-electron chi connectivity index (χ1n) is 13.5. The summed E-state index contributed by atoms with van der Waals surface area (Å²) in [5, 5.41) is 8.60. The number of rotatable bonds is 9. The van der Waals surface area contributed by atoms with Gasteiger partial charge in [-0.3, -0.25) is 14.4 Å². The molecule has 3 amide bonds. The molecule has 8 nitrogen and oxygen atoms in total. The van der Waals surface area contributed by atoms with Gasteiger partial charge in [0.25, 0.3) is 11.8 Å². The molecule has 0 aliphatic carbocycles. The van der Waals surface area contributed by atoms with Crippen LogP contribution in [-0.2, 0) is 9.59 Å². The molecular formula is C33H28ClN3O5S. The Balaban J connectivity index is 1.26. The quantitative estimate of drug-likeness (QED) is 0.144. The second kappa shape index (κ2) is 14.0. The summed E-state index contributed by atoms with van der Waals surface area (Å²) in [5.41, 5.74) is 2.27. The predicted molar refractivity (Wildman–Crippen MR) is 170 cm³/mol. The number of thioether (sulfide) groups is 1. The van der Waals surface area contributed by atoms with Crippen molar-refractivity contribution in [2.45, 2.75) is 17.1 Å². The largest absolute Gasteiger partial charge is 0.486 e. The summed E-state index contributed by atoms with van der Waals surface area (Å²) in [6, 6.07) is 28.0. The topological polar surface area (TPSA) is 106 Å². The van der Waals surface area contributed by atoms with Crippen molar-refractivity contribution in [1.82, 2.24) is 5.32 Å². The fraction of sp³-hybridized carbons (Fsp3) is 0.121. The van der Waals surface area contributed by atoms with Gasteiger partial charge in [0.1, 0.15) is 18.9 Å². The molecule has 0 fully saturated rings. The van der Waals surface area contributed by atoms with E-state index in [2.05, 4.69) is 16.0 Å². The molecule has 3 N–H and O–H groups in total. The maximum absolute atomic E-state index is 13.4. The summed E-state index contributed by atoms with van der Waals surface area (Å²) in [6.45, 7) is 2.75. The maximum Gasteiger partial charge on any atom is 0.272 e. The van der Waals surface area contributed by atoms with Gasteiger partial charge in [0.15, 0.2) is 11.5 Å². The molecule has 4 aromatic rings. The van der Waals surface area contributed by atoms with Crippen LogP contribution in [0.1, 0.15) is 22.8 Å². The van der Waals surface area contributed by atoms with E-state index < -0.39 is 17.1 Å². The van der Waals surface area contributed by atoms with Gasteiger partial charge >= 0.3 is 0 Å². The van der Waals surface area contributed by atoms with Gasteiger partial charge in [-0.15, -0.1) is 11.8 Å². The van der Waals surface area contributed by atoms with Crippen LogP contribution in [0.5, 0.6) is 11.5 Å². The molecule has 1 aliphatic heterocycles. The molecular weight excluding hydrogens is 586 g/mol. The van der Waals surface area contributed by atoms with Gasteiger partial charge in [-0.1, -0.05) is 48.0 Å². The van der Waals surface area contributed by atoms with Crippen LogP contribution in [0.3, 0.4) is 0 Å². The van der Waals surface area contributed by atoms with Gasteiger partial charge in [-0.2, -0.15) is 0 Å². The highest BCUT2D eigenvalue weighted by Gasteiger charge is 2.19. The Hall–Kier alpha value is -4.73. The lowest BCUT2D eigenvalue weighted by Gasteiger charge is -2.19. The van der Waals surface area contributed by atoms with Crippen molar-refractivity contribution in [3.63, 3.8) is 0 Å². The molecule has 1 unspecified atom stereocenters. The van der Waals surface area contributed by atoms with E-state index in [-0.39, 0.29) is 11.6 Å². The molecule has 0 aromatic heterocycles. The number of carbonyl (C=O) groups excluding carboxylic acids is 3. The number of hydrogen-bond acceptors (Lipinski definition) is 6. The van der Waals surface area contributed by atoms with Crippen LogP contribution in [0.15, 0.2) is 108 Å². The lowest BCUT2D eigenvalue weighted by Crippen LogP contribution is -2.30. The molecule has 1 heterocycles. The smallest absolute Gasteiger partial charge is 0.272 e. The Morgan fingerprint density at radius 1 is 0.814 bits per heavy atom. The van der Waals surface area contributed by atoms with Gasteiger partial charge < -0.3 is 25.4 Å². The van der Waals surface area contributed by atoms with E-state index in [0.717, 1.165) is 4.90 Å². The second-order valence-electron chi connectivity index (χ2n) is 9.52. The zero-order chi connectivity index (χ0) is 30.2. The summed E-state index contributed by atoms with van der Waals surface area (Å²) < 4.78 is 11.1. The van der Waals surface area contributed by atoms with Crippen molar-refractivity contribution < 1.29 is 23.9 Å². The minimum absolute atomic E-state index is 0.0569. The van der Waals surface area contributed by atoms with Crippen LogP contribution in [0.4, 0.5) is 11.4 Å². The van der Waals surface area contributed by atoms with Gasteiger partial charge in [0, 0.05) is 32.9 Å². The number of hydrogen-bond donors (Lipinski definition) is 3. The van der Waals surface area contributed by atoms with E-state index in [1.165, 1.54) is 11.8 Å². The SMILES string of the molecule is CC(Sc1cccc(NC(=O)/C(=C/c2ccc(Cl)cc2)NC(=O)c2ccccc2)c1)C(=O)Nc1ccc2c(c1)OCCO2. The van der Waals surface area contributed by atoms with Crippen LogP contribution in [-0.4, -0.2) is 36.2 Å². The first kappa shape index (κ1) is 29.8. The number of carbonyl (C=O) groups is 3. The summed E-state index contributed by atoms with van der Waals surface area (Å²) in [4.78, 5) is 40.0. The molecule has 218 valence electrons. The molecule has 1 atom stereocenters. The molecule has 0 spiro atoms. The van der Waals surface area contributed by atoms with Gasteiger partial charge in [-0.05, 0) is 73.2 Å². The molecule has 4 aromatic carbocycles. The van der Waals surface area contributed by atoms with Crippen LogP contribution in [0.2, 0.25) is 5.02 Å². The van der Waals surface area contributed by atoms with E-state index in [1.807, 2.05) is 12.1 Å². The Kier molecular flexibility index (Phi) is 9.66. The van der Waals surface area contributed by atoms with Gasteiger partial charge in [-0.25, -0.2) is 0 Å². The van der Waals surface area contributed by atoms with Gasteiger partial charge in [0.05, 0.1) is 5.25 Å². The van der Waals surface area contributed by atoms with E-state index in [9.17, 15) is 14.4 Å². The normalized spacial score (nSPS) is 13.0. The minimum Gasteiger partial charge on any atom is -0.486 e. The Labute approximate surface area is 258 Å². The van der Waals surface area contributed by atoms with Crippen LogP contribution in [0, 0.1) is 0 Å². The lowest BCUT2D eigenvalue weighted by atomic mass is 10.1. The molecule has 0 saturated carbocycles. The second-order valence-corrected chi connectivity index (χ2v) is 11.4. The molecule has 0 radical (unpaired) electrons. The first-order chi connectivity index (χ1) is 20.8. The van der Waals surface area contributed by atoms with Crippen molar-refractivity contribution in [2.24, 2.45) is 0 Å². The molecule has 0 bridgehead atoms. The standard InChI is InChI=1S/C33H28ClN3O5S/c1-21(31(38)35-26-14-15-29-30(20-26)42-17-16-41-29)43-27-9-5-8-25(19-27)36-33(40)28(18-22-10-12-24(34)13-11-22)37-32(39)23-6-3-2-4-7-23/h2-15,18-21H,16-17H2,1H3,(H,35,38)(H,36,40)(H,37,39)/b28-18-. The summed E-state index contributed by atoms with van der Waals surface area (Å²) in [6.07, 6.45) is 1.58. The highest BCUT2D eigenvalue weighted by atomic mass is 35.5. The Morgan fingerprint density at radius 2 is 1.53 bits per heavy atom. The first-order valence-corrected chi connectivity index (χ1v) is 14.7. The zero-order valence-electron chi connectivity index (χ0n) is 23.1. The third-order valence-corrected chi connectivity index (χ3v) is 7.64. The number of halogens is 1. The van der Waals surface area contributed by atoms with Crippen molar-refractivity contribution >= 4 is 58.5 Å². The summed E-state index contributed by atoms with van der Waals surface area (Å²) in [5.74, 6) is 0.130. The highest BCUT2D eigenvalue weighted by molar-refractivity contribution is 8.00. The van der Waals surface area contributed by atoms with E-state index >= 15 is 0 Å². The number of ether oxygens (including phenoxy) is 2. The fourth-order valence-corrected chi connectivity index (χ4v) is 5.19. The Bertz CT molecular complexity index is 1660.